The van der Waals surface area contributed by atoms with E-state index in [0.29, 0.717) is 5.75 Å². The van der Waals surface area contributed by atoms with Gasteiger partial charge < -0.3 is 15.6 Å². The summed E-state index contributed by atoms with van der Waals surface area (Å²) in [6.45, 7) is 0. The van der Waals surface area contributed by atoms with E-state index in [-0.39, 0.29) is 11.4 Å². The number of rotatable bonds is 4. The number of para-hydroxylation sites is 1. The number of anilines is 1. The molecule has 20 heavy (non-hydrogen) atoms. The summed E-state index contributed by atoms with van der Waals surface area (Å²) in [5.41, 5.74) is 5.30. The number of carboxylic acids is 1. The van der Waals surface area contributed by atoms with Crippen LogP contribution in [-0.2, 0) is 0 Å². The van der Waals surface area contributed by atoms with Gasteiger partial charge in [0.1, 0.15) is 11.6 Å². The summed E-state index contributed by atoms with van der Waals surface area (Å²) in [6.07, 6.45) is 1.89. The molecule has 0 bridgehead atoms. The lowest BCUT2D eigenvalue weighted by molar-refractivity contribution is 0.0692. The van der Waals surface area contributed by atoms with E-state index in [1.807, 2.05) is 18.4 Å². The van der Waals surface area contributed by atoms with E-state index < -0.39 is 17.3 Å². The lowest BCUT2D eigenvalue weighted by Crippen LogP contribution is -2.03. The van der Waals surface area contributed by atoms with Gasteiger partial charge in [0.2, 0.25) is 0 Å². The first-order valence-corrected chi connectivity index (χ1v) is 6.88. The van der Waals surface area contributed by atoms with Crippen LogP contribution >= 0.6 is 11.8 Å². The van der Waals surface area contributed by atoms with Crippen molar-refractivity contribution in [2.45, 2.75) is 4.90 Å². The van der Waals surface area contributed by atoms with E-state index >= 15 is 0 Å². The van der Waals surface area contributed by atoms with E-state index in [2.05, 4.69) is 0 Å². The maximum atomic E-state index is 13.6. The fourth-order valence-corrected chi connectivity index (χ4v) is 2.17. The second-order valence-electron chi connectivity index (χ2n) is 3.93. The number of aromatic carboxylic acids is 1. The molecule has 0 spiro atoms. The Morgan fingerprint density at radius 1 is 1.30 bits per heavy atom. The third-order valence-corrected chi connectivity index (χ3v) is 3.40. The molecule has 0 aliphatic carbocycles. The van der Waals surface area contributed by atoms with Crippen LogP contribution in [-0.4, -0.2) is 17.3 Å². The van der Waals surface area contributed by atoms with Gasteiger partial charge in [0.15, 0.2) is 5.75 Å². The zero-order valence-corrected chi connectivity index (χ0v) is 11.4. The standard InChI is InChI=1S/C14H12FNO3S/c1-20-13-5-3-2-4-11(13)19-12-7-9(15)8(14(17)18)6-10(12)16/h2-7H,16H2,1H3,(H,17,18). The highest BCUT2D eigenvalue weighted by molar-refractivity contribution is 7.98. The van der Waals surface area contributed by atoms with Crippen LogP contribution in [0.2, 0.25) is 0 Å². The van der Waals surface area contributed by atoms with Crippen molar-refractivity contribution >= 4 is 23.4 Å². The minimum Gasteiger partial charge on any atom is -0.478 e. The van der Waals surface area contributed by atoms with Crippen molar-refractivity contribution in [1.29, 1.82) is 0 Å². The number of hydrogen-bond acceptors (Lipinski definition) is 4. The van der Waals surface area contributed by atoms with Gasteiger partial charge in [-0.25, -0.2) is 9.18 Å². The highest BCUT2D eigenvalue weighted by atomic mass is 32.2. The number of thioether (sulfide) groups is 1. The second-order valence-corrected chi connectivity index (χ2v) is 4.78. The normalized spacial score (nSPS) is 10.3. The summed E-state index contributed by atoms with van der Waals surface area (Å²) in [6, 6.07) is 9.26. The van der Waals surface area contributed by atoms with Gasteiger partial charge in [-0.15, -0.1) is 11.8 Å². The Balaban J connectivity index is 2.39. The molecule has 2 aromatic rings. The van der Waals surface area contributed by atoms with Crippen LogP contribution in [0.15, 0.2) is 41.3 Å². The van der Waals surface area contributed by atoms with Crippen molar-refractivity contribution in [2.75, 3.05) is 12.0 Å². The summed E-state index contributed by atoms with van der Waals surface area (Å²) in [5, 5.41) is 8.81. The lowest BCUT2D eigenvalue weighted by atomic mass is 10.1. The summed E-state index contributed by atoms with van der Waals surface area (Å²) >= 11 is 1.48. The van der Waals surface area contributed by atoms with Crippen LogP contribution in [0.5, 0.6) is 11.5 Å². The molecule has 2 rings (SSSR count). The SMILES string of the molecule is CSc1ccccc1Oc1cc(F)c(C(=O)O)cc1N. The average molecular weight is 293 g/mol. The number of benzene rings is 2. The predicted molar refractivity (Wildman–Crippen MR) is 76.1 cm³/mol. The van der Waals surface area contributed by atoms with Crippen LogP contribution < -0.4 is 10.5 Å². The molecular formula is C14H12FNO3S. The Kier molecular flexibility index (Phi) is 4.14. The number of ether oxygens (including phenoxy) is 1. The molecule has 0 fully saturated rings. The van der Waals surface area contributed by atoms with Gasteiger partial charge in [0.05, 0.1) is 11.3 Å². The molecule has 0 saturated carbocycles. The number of carboxylic acid groups (broad SMARTS) is 1. The summed E-state index contributed by atoms with van der Waals surface area (Å²) in [7, 11) is 0. The molecule has 0 atom stereocenters. The third-order valence-electron chi connectivity index (χ3n) is 2.62. The first kappa shape index (κ1) is 14.2. The predicted octanol–water partition coefficient (Wildman–Crippen LogP) is 3.62. The Bertz CT molecular complexity index is 661. The highest BCUT2D eigenvalue weighted by Gasteiger charge is 2.15. The summed E-state index contributed by atoms with van der Waals surface area (Å²) in [5.74, 6) is -1.63. The van der Waals surface area contributed by atoms with Crippen molar-refractivity contribution in [1.82, 2.24) is 0 Å². The minimum atomic E-state index is -1.37. The van der Waals surface area contributed by atoms with E-state index in [9.17, 15) is 9.18 Å². The van der Waals surface area contributed by atoms with Gasteiger partial charge in [0, 0.05) is 11.0 Å². The van der Waals surface area contributed by atoms with Crippen LogP contribution in [0.1, 0.15) is 10.4 Å². The maximum absolute atomic E-state index is 13.6. The van der Waals surface area contributed by atoms with Gasteiger partial charge >= 0.3 is 5.97 Å². The Labute approximate surface area is 119 Å². The number of carbonyl (C=O) groups is 1. The van der Waals surface area contributed by atoms with Crippen LogP contribution in [0.4, 0.5) is 10.1 Å². The smallest absolute Gasteiger partial charge is 0.338 e. The fraction of sp³-hybridized carbons (Fsp3) is 0.0714. The Morgan fingerprint density at radius 3 is 2.65 bits per heavy atom. The summed E-state index contributed by atoms with van der Waals surface area (Å²) < 4.78 is 19.2. The first-order chi connectivity index (χ1) is 9.52. The topological polar surface area (TPSA) is 72.5 Å². The first-order valence-electron chi connectivity index (χ1n) is 5.66. The van der Waals surface area contributed by atoms with Gasteiger partial charge in [-0.1, -0.05) is 12.1 Å². The van der Waals surface area contributed by atoms with E-state index in [1.165, 1.54) is 11.8 Å². The zero-order chi connectivity index (χ0) is 14.7. The number of hydrogen-bond donors (Lipinski definition) is 2. The fourth-order valence-electron chi connectivity index (χ4n) is 1.65. The molecule has 0 unspecified atom stereocenters. The lowest BCUT2D eigenvalue weighted by Gasteiger charge is -2.12. The number of nitrogens with two attached hydrogens (primary N) is 1. The Hall–Kier alpha value is -2.21. The largest absolute Gasteiger partial charge is 0.478 e. The second kappa shape index (κ2) is 5.83. The monoisotopic (exact) mass is 293 g/mol. The molecule has 0 aliphatic rings. The van der Waals surface area contributed by atoms with Gasteiger partial charge in [-0.05, 0) is 24.5 Å². The molecule has 0 saturated heterocycles. The third kappa shape index (κ3) is 2.85. The van der Waals surface area contributed by atoms with Crippen LogP contribution in [0.25, 0.3) is 0 Å². The number of halogens is 1. The molecule has 4 nitrogen and oxygen atoms in total. The van der Waals surface area contributed by atoms with Crippen molar-refractivity contribution in [3.8, 4) is 11.5 Å². The van der Waals surface area contributed by atoms with Crippen LogP contribution in [0, 0.1) is 5.82 Å². The molecule has 2 aromatic carbocycles. The Morgan fingerprint density at radius 2 is 2.00 bits per heavy atom. The van der Waals surface area contributed by atoms with Crippen molar-refractivity contribution in [3.05, 3.63) is 47.8 Å². The molecule has 0 amide bonds. The van der Waals surface area contributed by atoms with E-state index in [1.54, 1.807) is 12.1 Å². The molecule has 6 heteroatoms. The number of nitrogen functional groups attached to an aromatic ring is 1. The molecule has 0 radical (unpaired) electrons. The molecule has 104 valence electrons. The van der Waals surface area contributed by atoms with Crippen molar-refractivity contribution in [3.63, 3.8) is 0 Å². The zero-order valence-electron chi connectivity index (χ0n) is 10.6. The van der Waals surface area contributed by atoms with Gasteiger partial charge in [-0.3, -0.25) is 0 Å². The van der Waals surface area contributed by atoms with Crippen molar-refractivity contribution in [2.24, 2.45) is 0 Å². The van der Waals surface area contributed by atoms with E-state index in [4.69, 9.17) is 15.6 Å². The van der Waals surface area contributed by atoms with Crippen LogP contribution in [0.3, 0.4) is 0 Å². The van der Waals surface area contributed by atoms with Crippen molar-refractivity contribution < 1.29 is 19.0 Å². The van der Waals surface area contributed by atoms with Gasteiger partial charge in [0.25, 0.3) is 0 Å². The minimum absolute atomic E-state index is 0.0692. The molecular weight excluding hydrogens is 281 g/mol. The quantitative estimate of drug-likeness (QED) is 0.665. The molecule has 0 heterocycles. The molecule has 3 N–H and O–H groups in total. The van der Waals surface area contributed by atoms with E-state index in [0.717, 1.165) is 17.0 Å². The maximum Gasteiger partial charge on any atom is 0.338 e. The molecule has 0 aliphatic heterocycles. The van der Waals surface area contributed by atoms with Gasteiger partial charge in [-0.2, -0.15) is 0 Å². The average Bonchev–Trinajstić information content (AvgIpc) is 2.42. The summed E-state index contributed by atoms with van der Waals surface area (Å²) in [4.78, 5) is 11.7. The highest BCUT2D eigenvalue weighted by Crippen LogP contribution is 2.34. The molecule has 0 aromatic heterocycles.